The van der Waals surface area contributed by atoms with Gasteiger partial charge >= 0.3 is 0 Å². The number of sulfonamides is 1. The lowest BCUT2D eigenvalue weighted by molar-refractivity contribution is -0.122. The Morgan fingerprint density at radius 2 is 1.72 bits per heavy atom. The maximum Gasteiger partial charge on any atom is 0.264 e. The van der Waals surface area contributed by atoms with Crippen molar-refractivity contribution in [3.05, 3.63) is 54.6 Å². The quantitative estimate of drug-likeness (QED) is 0.857. The summed E-state index contributed by atoms with van der Waals surface area (Å²) >= 11 is 0. The molecule has 1 aliphatic rings. The summed E-state index contributed by atoms with van der Waals surface area (Å²) in [6, 6.07) is 15.4. The molecule has 2 aromatic rings. The number of hydrogen-bond acceptors (Lipinski definition) is 3. The number of para-hydroxylation sites is 1. The summed E-state index contributed by atoms with van der Waals surface area (Å²) in [5.74, 6) is 0.110. The Balaban J connectivity index is 1.79. The van der Waals surface area contributed by atoms with Crippen LogP contribution in [0.3, 0.4) is 0 Å². The van der Waals surface area contributed by atoms with E-state index in [1.54, 1.807) is 31.2 Å². The molecule has 6 heteroatoms. The predicted molar refractivity (Wildman–Crippen MR) is 99.1 cm³/mol. The number of nitrogens with zero attached hydrogens (tertiary/aromatic N) is 1. The molecular weight excluding hydrogens is 336 g/mol. The van der Waals surface area contributed by atoms with Crippen LogP contribution in [0.25, 0.3) is 0 Å². The molecule has 1 saturated carbocycles. The summed E-state index contributed by atoms with van der Waals surface area (Å²) in [6.07, 6.45) is 2.96. The molecule has 0 spiro atoms. The highest BCUT2D eigenvalue weighted by Gasteiger charge is 2.26. The van der Waals surface area contributed by atoms with Gasteiger partial charge in [0.25, 0.3) is 10.0 Å². The van der Waals surface area contributed by atoms with Crippen LogP contribution in [0.5, 0.6) is 0 Å². The molecule has 0 unspecified atom stereocenters. The highest BCUT2D eigenvalue weighted by atomic mass is 32.2. The van der Waals surface area contributed by atoms with E-state index in [9.17, 15) is 13.2 Å². The van der Waals surface area contributed by atoms with E-state index in [1.807, 2.05) is 18.2 Å². The van der Waals surface area contributed by atoms with E-state index < -0.39 is 10.0 Å². The number of nitrogens with one attached hydrogen (secondary N) is 1. The first-order chi connectivity index (χ1) is 12.0. The summed E-state index contributed by atoms with van der Waals surface area (Å²) in [7, 11) is -3.64. The van der Waals surface area contributed by atoms with Crippen LogP contribution < -0.4 is 9.62 Å². The van der Waals surface area contributed by atoms with Gasteiger partial charge in [0, 0.05) is 18.2 Å². The largest absolute Gasteiger partial charge is 0.326 e. The fourth-order valence-corrected chi connectivity index (χ4v) is 4.31. The van der Waals surface area contributed by atoms with Crippen molar-refractivity contribution in [2.75, 3.05) is 16.2 Å². The first kappa shape index (κ1) is 17.5. The predicted octanol–water partition coefficient (Wildman–Crippen LogP) is 3.64. The van der Waals surface area contributed by atoms with Gasteiger partial charge in [-0.3, -0.25) is 9.10 Å². The Bertz CT molecular complexity index is 829. The van der Waals surface area contributed by atoms with Gasteiger partial charge < -0.3 is 5.32 Å². The lowest BCUT2D eigenvalue weighted by Gasteiger charge is -2.24. The van der Waals surface area contributed by atoms with Gasteiger partial charge in [-0.25, -0.2) is 8.42 Å². The second-order valence-corrected chi connectivity index (χ2v) is 8.01. The normalized spacial score (nSPS) is 14.6. The Kier molecular flexibility index (Phi) is 5.08. The van der Waals surface area contributed by atoms with Crippen molar-refractivity contribution in [1.82, 2.24) is 0 Å². The van der Waals surface area contributed by atoms with Crippen LogP contribution in [0, 0.1) is 5.92 Å². The minimum Gasteiger partial charge on any atom is -0.326 e. The van der Waals surface area contributed by atoms with Crippen LogP contribution in [0.15, 0.2) is 59.5 Å². The van der Waals surface area contributed by atoms with Crippen LogP contribution in [0.4, 0.5) is 11.4 Å². The Morgan fingerprint density at radius 1 is 1.08 bits per heavy atom. The summed E-state index contributed by atoms with van der Waals surface area (Å²) in [6.45, 7) is 2.14. The minimum atomic E-state index is -3.64. The van der Waals surface area contributed by atoms with Gasteiger partial charge in [0.2, 0.25) is 5.91 Å². The van der Waals surface area contributed by atoms with Crippen molar-refractivity contribution in [3.63, 3.8) is 0 Å². The molecule has 1 amide bonds. The van der Waals surface area contributed by atoms with Gasteiger partial charge in [-0.05, 0) is 56.2 Å². The van der Waals surface area contributed by atoms with Gasteiger partial charge in [0.15, 0.2) is 0 Å². The van der Waals surface area contributed by atoms with Crippen LogP contribution in [-0.2, 0) is 14.8 Å². The topological polar surface area (TPSA) is 66.5 Å². The van der Waals surface area contributed by atoms with Crippen LogP contribution >= 0.6 is 0 Å². The second-order valence-electron chi connectivity index (χ2n) is 6.15. The lowest BCUT2D eigenvalue weighted by Crippen LogP contribution is -2.30. The summed E-state index contributed by atoms with van der Waals surface area (Å²) in [5.41, 5.74) is 1.26. The summed E-state index contributed by atoms with van der Waals surface area (Å²) < 4.78 is 27.2. The van der Waals surface area contributed by atoms with Crippen LogP contribution in [0.2, 0.25) is 0 Å². The van der Waals surface area contributed by atoms with Crippen molar-refractivity contribution in [3.8, 4) is 0 Å². The maximum atomic E-state index is 12.9. The molecule has 25 heavy (non-hydrogen) atoms. The van der Waals surface area contributed by atoms with Gasteiger partial charge in [-0.2, -0.15) is 0 Å². The second kappa shape index (κ2) is 7.27. The van der Waals surface area contributed by atoms with Gasteiger partial charge in [-0.15, -0.1) is 0 Å². The maximum absolute atomic E-state index is 12.9. The smallest absolute Gasteiger partial charge is 0.264 e. The fraction of sp³-hybridized carbons (Fsp3) is 0.316. The molecule has 2 aromatic carbocycles. The van der Waals surface area contributed by atoms with Crippen molar-refractivity contribution in [1.29, 1.82) is 0 Å². The zero-order chi connectivity index (χ0) is 17.9. The third-order valence-corrected chi connectivity index (χ3v) is 6.43. The number of rotatable bonds is 6. The van der Waals surface area contributed by atoms with E-state index in [0.717, 1.165) is 19.3 Å². The number of benzene rings is 2. The highest BCUT2D eigenvalue weighted by molar-refractivity contribution is 7.92. The number of carbonyl (C=O) groups is 1. The fourth-order valence-electron chi connectivity index (χ4n) is 2.84. The Labute approximate surface area is 148 Å². The third kappa shape index (κ3) is 3.69. The zero-order valence-electron chi connectivity index (χ0n) is 14.2. The highest BCUT2D eigenvalue weighted by Crippen LogP contribution is 2.28. The van der Waals surface area contributed by atoms with E-state index in [-0.39, 0.29) is 16.7 Å². The number of amides is 1. The molecule has 1 aliphatic carbocycles. The van der Waals surface area contributed by atoms with E-state index in [4.69, 9.17) is 0 Å². The van der Waals surface area contributed by atoms with Crippen molar-refractivity contribution >= 4 is 27.3 Å². The molecule has 1 fully saturated rings. The van der Waals surface area contributed by atoms with Gasteiger partial charge in [0.05, 0.1) is 10.6 Å². The number of anilines is 2. The van der Waals surface area contributed by atoms with Crippen molar-refractivity contribution in [2.45, 2.75) is 31.1 Å². The molecule has 0 bridgehead atoms. The summed E-state index contributed by atoms with van der Waals surface area (Å²) in [5, 5.41) is 2.85. The molecule has 1 N–H and O–H groups in total. The Hall–Kier alpha value is -2.34. The molecule has 0 radical (unpaired) electrons. The molecule has 5 nitrogen and oxygen atoms in total. The number of hydrogen-bond donors (Lipinski definition) is 1. The van der Waals surface area contributed by atoms with E-state index in [2.05, 4.69) is 5.32 Å². The number of carbonyl (C=O) groups excluding carboxylic acids is 1. The first-order valence-electron chi connectivity index (χ1n) is 8.51. The molecule has 0 saturated heterocycles. The molecular formula is C19H22N2O3S. The van der Waals surface area contributed by atoms with Gasteiger partial charge in [-0.1, -0.05) is 24.6 Å². The van der Waals surface area contributed by atoms with Crippen LogP contribution in [-0.4, -0.2) is 20.9 Å². The average molecular weight is 358 g/mol. The van der Waals surface area contributed by atoms with Crippen LogP contribution in [0.1, 0.15) is 26.2 Å². The van der Waals surface area contributed by atoms with E-state index >= 15 is 0 Å². The third-order valence-electron chi connectivity index (χ3n) is 4.52. The molecule has 0 aliphatic heterocycles. The molecule has 0 aromatic heterocycles. The summed E-state index contributed by atoms with van der Waals surface area (Å²) in [4.78, 5) is 12.2. The van der Waals surface area contributed by atoms with Gasteiger partial charge in [0.1, 0.15) is 0 Å². The van der Waals surface area contributed by atoms with Crippen molar-refractivity contribution < 1.29 is 13.2 Å². The monoisotopic (exact) mass is 358 g/mol. The SMILES string of the molecule is CCN(c1ccccc1)S(=O)(=O)c1ccc(NC(=O)C2CCC2)cc1. The van der Waals surface area contributed by atoms with Crippen molar-refractivity contribution in [2.24, 2.45) is 5.92 Å². The molecule has 0 atom stereocenters. The zero-order valence-corrected chi connectivity index (χ0v) is 15.0. The minimum absolute atomic E-state index is 0.0151. The standard InChI is InChI=1S/C19H22N2O3S/c1-2-21(17-9-4-3-5-10-17)25(23,24)18-13-11-16(12-14-18)20-19(22)15-7-6-8-15/h3-5,9-15H,2,6-8H2,1H3,(H,20,22). The average Bonchev–Trinajstić information content (AvgIpc) is 2.55. The Morgan fingerprint density at radius 3 is 2.24 bits per heavy atom. The van der Waals surface area contributed by atoms with E-state index in [1.165, 1.54) is 16.4 Å². The molecule has 132 valence electrons. The van der Waals surface area contributed by atoms with E-state index in [0.29, 0.717) is 17.9 Å². The lowest BCUT2D eigenvalue weighted by atomic mass is 9.85. The first-order valence-corrected chi connectivity index (χ1v) is 9.95. The molecule has 0 heterocycles. The molecule has 3 rings (SSSR count).